The largest absolute Gasteiger partial charge is 0.497 e. The summed E-state index contributed by atoms with van der Waals surface area (Å²) in [5.41, 5.74) is 4.80. The molecular weight excluding hydrogens is 488 g/mol. The van der Waals surface area contributed by atoms with Crippen LogP contribution in [0.15, 0.2) is 78.0 Å². The van der Waals surface area contributed by atoms with Crippen molar-refractivity contribution in [3.63, 3.8) is 0 Å². The maximum absolute atomic E-state index is 12.9. The summed E-state index contributed by atoms with van der Waals surface area (Å²) >= 11 is 1.34. The van der Waals surface area contributed by atoms with E-state index in [1.54, 1.807) is 38.5 Å². The van der Waals surface area contributed by atoms with Crippen molar-refractivity contribution < 1.29 is 19.1 Å². The van der Waals surface area contributed by atoms with Gasteiger partial charge in [-0.15, -0.1) is 0 Å². The van der Waals surface area contributed by atoms with Crippen molar-refractivity contribution in [1.29, 1.82) is 0 Å². The molecule has 1 aromatic heterocycles. The van der Waals surface area contributed by atoms with Gasteiger partial charge < -0.3 is 25.1 Å². The number of H-pyrrole nitrogens is 1. The molecule has 0 bridgehead atoms. The molecule has 0 spiro atoms. The molecule has 4 rings (SSSR count). The second kappa shape index (κ2) is 11.7. The van der Waals surface area contributed by atoms with Crippen LogP contribution in [0.3, 0.4) is 0 Å². The van der Waals surface area contributed by atoms with E-state index in [1.165, 1.54) is 18.7 Å². The van der Waals surface area contributed by atoms with Crippen LogP contribution >= 0.6 is 11.8 Å². The van der Waals surface area contributed by atoms with Gasteiger partial charge in [0.2, 0.25) is 11.8 Å². The molecule has 1 heterocycles. The van der Waals surface area contributed by atoms with Gasteiger partial charge >= 0.3 is 0 Å². The summed E-state index contributed by atoms with van der Waals surface area (Å²) in [5, 5.41) is 5.82. The zero-order chi connectivity index (χ0) is 26.4. The molecular formula is C28H28N4O4S. The van der Waals surface area contributed by atoms with Gasteiger partial charge in [-0.25, -0.2) is 4.98 Å². The first-order chi connectivity index (χ1) is 17.9. The number of imidazole rings is 1. The molecule has 37 heavy (non-hydrogen) atoms. The highest BCUT2D eigenvalue weighted by atomic mass is 32.2. The van der Waals surface area contributed by atoms with Crippen LogP contribution in [0.2, 0.25) is 0 Å². The van der Waals surface area contributed by atoms with Gasteiger partial charge in [0.25, 0.3) is 0 Å². The van der Waals surface area contributed by atoms with Crippen molar-refractivity contribution in [3.8, 4) is 34.0 Å². The third-order valence-electron chi connectivity index (χ3n) is 5.55. The number of hydrogen-bond acceptors (Lipinski definition) is 6. The maximum Gasteiger partial charge on any atom is 0.237 e. The van der Waals surface area contributed by atoms with Crippen LogP contribution in [0, 0.1) is 0 Å². The first-order valence-electron chi connectivity index (χ1n) is 11.6. The number of thioether (sulfide) groups is 1. The van der Waals surface area contributed by atoms with Crippen LogP contribution in [-0.2, 0) is 9.59 Å². The number of anilines is 2. The van der Waals surface area contributed by atoms with Gasteiger partial charge in [0.15, 0.2) is 5.16 Å². The predicted octanol–water partition coefficient (Wildman–Crippen LogP) is 5.84. The number of benzene rings is 3. The normalized spacial score (nSPS) is 11.5. The number of hydrogen-bond donors (Lipinski definition) is 3. The van der Waals surface area contributed by atoms with Crippen LogP contribution in [0.1, 0.15) is 13.8 Å². The Kier molecular flexibility index (Phi) is 8.15. The standard InChI is InChI=1S/C28H28N4O4S/c1-17(27(34)30-22-11-9-21(10-12-22)29-18(2)33)37-28-31-25(19-5-13-23(35-3)14-6-19)26(32-28)20-7-15-24(36-4)16-8-20/h5-17H,1-4H3,(H,29,33)(H,30,34)(H,31,32). The SMILES string of the molecule is COc1ccc(-c2nc(SC(C)C(=O)Nc3ccc(NC(C)=O)cc3)[nH]c2-c2ccc(OC)cc2)cc1. The molecule has 0 radical (unpaired) electrons. The van der Waals surface area contributed by atoms with Crippen LogP contribution in [-0.4, -0.2) is 41.3 Å². The Labute approximate surface area is 219 Å². The summed E-state index contributed by atoms with van der Waals surface area (Å²) in [6, 6.07) is 22.4. The van der Waals surface area contributed by atoms with Crippen LogP contribution in [0.25, 0.3) is 22.5 Å². The first-order valence-corrected chi connectivity index (χ1v) is 12.5. The number of methoxy groups -OCH3 is 2. The monoisotopic (exact) mass is 516 g/mol. The van der Waals surface area contributed by atoms with Crippen LogP contribution < -0.4 is 20.1 Å². The van der Waals surface area contributed by atoms with Gasteiger partial charge in [-0.1, -0.05) is 11.8 Å². The number of aromatic amines is 1. The summed E-state index contributed by atoms with van der Waals surface area (Å²) in [5.74, 6) is 1.21. The maximum atomic E-state index is 12.9. The van der Waals surface area contributed by atoms with E-state index in [9.17, 15) is 9.59 Å². The molecule has 3 aromatic carbocycles. The van der Waals surface area contributed by atoms with Crippen LogP contribution in [0.5, 0.6) is 11.5 Å². The molecule has 3 N–H and O–H groups in total. The Hall–Kier alpha value is -4.24. The Morgan fingerprint density at radius 2 is 1.32 bits per heavy atom. The number of rotatable bonds is 9. The molecule has 0 aliphatic carbocycles. The van der Waals surface area contributed by atoms with E-state index in [0.29, 0.717) is 16.5 Å². The lowest BCUT2D eigenvalue weighted by Crippen LogP contribution is -2.22. The van der Waals surface area contributed by atoms with E-state index in [-0.39, 0.29) is 11.8 Å². The average molecular weight is 517 g/mol. The van der Waals surface area contributed by atoms with E-state index in [2.05, 4.69) is 15.6 Å². The number of amides is 2. The lowest BCUT2D eigenvalue weighted by molar-refractivity contribution is -0.115. The molecule has 0 aliphatic rings. The number of aromatic nitrogens is 2. The molecule has 9 heteroatoms. The smallest absolute Gasteiger partial charge is 0.237 e. The van der Waals surface area contributed by atoms with E-state index < -0.39 is 5.25 Å². The third-order valence-corrected chi connectivity index (χ3v) is 6.54. The molecule has 0 saturated carbocycles. The quantitative estimate of drug-likeness (QED) is 0.242. The Bertz CT molecular complexity index is 1300. The van der Waals surface area contributed by atoms with Crippen molar-refractivity contribution in [3.05, 3.63) is 72.8 Å². The van der Waals surface area contributed by atoms with Crippen molar-refractivity contribution in [2.45, 2.75) is 24.3 Å². The van der Waals surface area contributed by atoms with Gasteiger partial charge in [0, 0.05) is 29.4 Å². The molecule has 2 amide bonds. The van der Waals surface area contributed by atoms with E-state index >= 15 is 0 Å². The van der Waals surface area contributed by atoms with Gasteiger partial charge in [-0.05, 0) is 79.7 Å². The Morgan fingerprint density at radius 3 is 1.84 bits per heavy atom. The lowest BCUT2D eigenvalue weighted by atomic mass is 10.0. The topological polar surface area (TPSA) is 105 Å². The second-order valence-corrected chi connectivity index (χ2v) is 9.56. The van der Waals surface area contributed by atoms with Crippen molar-refractivity contribution in [1.82, 2.24) is 9.97 Å². The molecule has 190 valence electrons. The fraction of sp³-hybridized carbons (Fsp3) is 0.179. The minimum absolute atomic E-state index is 0.150. The molecule has 1 atom stereocenters. The Morgan fingerprint density at radius 1 is 0.811 bits per heavy atom. The number of carbonyl (C=O) groups excluding carboxylic acids is 2. The molecule has 0 aliphatic heterocycles. The summed E-state index contributed by atoms with van der Waals surface area (Å²) in [4.78, 5) is 32.3. The van der Waals surface area contributed by atoms with E-state index in [4.69, 9.17) is 14.5 Å². The van der Waals surface area contributed by atoms with Crippen molar-refractivity contribution >= 4 is 35.0 Å². The van der Waals surface area contributed by atoms with Gasteiger partial charge in [-0.2, -0.15) is 0 Å². The predicted molar refractivity (Wildman–Crippen MR) is 147 cm³/mol. The highest BCUT2D eigenvalue weighted by Gasteiger charge is 2.20. The summed E-state index contributed by atoms with van der Waals surface area (Å²) in [6.07, 6.45) is 0. The average Bonchev–Trinajstić information content (AvgIpc) is 3.33. The fourth-order valence-electron chi connectivity index (χ4n) is 3.64. The zero-order valence-corrected chi connectivity index (χ0v) is 21.8. The van der Waals surface area contributed by atoms with E-state index in [1.807, 2.05) is 55.5 Å². The number of carbonyl (C=O) groups is 2. The molecule has 0 saturated heterocycles. The number of ether oxygens (including phenoxy) is 2. The van der Waals surface area contributed by atoms with Crippen molar-refractivity contribution in [2.75, 3.05) is 24.9 Å². The Balaban J connectivity index is 1.55. The third kappa shape index (κ3) is 6.50. The minimum Gasteiger partial charge on any atom is -0.497 e. The molecule has 1 unspecified atom stereocenters. The lowest BCUT2D eigenvalue weighted by Gasteiger charge is -2.11. The number of nitrogens with one attached hydrogen (secondary N) is 3. The highest BCUT2D eigenvalue weighted by molar-refractivity contribution is 8.00. The van der Waals surface area contributed by atoms with E-state index in [0.717, 1.165) is 34.0 Å². The first kappa shape index (κ1) is 25.8. The zero-order valence-electron chi connectivity index (χ0n) is 21.0. The second-order valence-electron chi connectivity index (χ2n) is 8.23. The molecule has 4 aromatic rings. The summed E-state index contributed by atoms with van der Waals surface area (Å²) in [7, 11) is 3.26. The molecule has 0 fully saturated rings. The summed E-state index contributed by atoms with van der Waals surface area (Å²) in [6.45, 7) is 3.28. The van der Waals surface area contributed by atoms with Gasteiger partial charge in [-0.3, -0.25) is 9.59 Å². The van der Waals surface area contributed by atoms with Crippen LogP contribution in [0.4, 0.5) is 11.4 Å². The minimum atomic E-state index is -0.423. The van der Waals surface area contributed by atoms with Crippen molar-refractivity contribution in [2.24, 2.45) is 0 Å². The number of nitrogens with zero attached hydrogens (tertiary/aromatic N) is 1. The van der Waals surface area contributed by atoms with Gasteiger partial charge in [0.1, 0.15) is 11.5 Å². The highest BCUT2D eigenvalue weighted by Crippen LogP contribution is 2.35. The van der Waals surface area contributed by atoms with Gasteiger partial charge in [0.05, 0.1) is 30.9 Å². The molecule has 8 nitrogen and oxygen atoms in total. The summed E-state index contributed by atoms with van der Waals surface area (Å²) < 4.78 is 10.6. The fourth-order valence-corrected chi connectivity index (χ4v) is 4.44.